The fraction of sp³-hybridized carbons (Fsp3) is 0.294. The molecule has 7 nitrogen and oxygen atoms in total. The predicted molar refractivity (Wildman–Crippen MR) is 99.6 cm³/mol. The first-order valence-corrected chi connectivity index (χ1v) is 8.53. The van der Waals surface area contributed by atoms with Crippen molar-refractivity contribution >= 4 is 34.7 Å². The van der Waals surface area contributed by atoms with E-state index in [1.165, 1.54) is 11.3 Å². The van der Waals surface area contributed by atoms with Crippen molar-refractivity contribution in [2.24, 2.45) is 5.84 Å². The highest BCUT2D eigenvalue weighted by Gasteiger charge is 2.18. The number of nitrogens with one attached hydrogen (secondary N) is 3. The van der Waals surface area contributed by atoms with E-state index in [4.69, 9.17) is 10.6 Å². The first kappa shape index (κ1) is 18.9. The molecule has 0 unspecified atom stereocenters. The Morgan fingerprint density at radius 2 is 1.72 bits per heavy atom. The predicted octanol–water partition coefficient (Wildman–Crippen LogP) is 3.31. The molecule has 1 aromatic carbocycles. The summed E-state index contributed by atoms with van der Waals surface area (Å²) in [7, 11) is 0. The quantitative estimate of drug-likeness (QED) is 0.482. The normalized spacial score (nSPS) is 11.0. The molecule has 0 fully saturated rings. The summed E-state index contributed by atoms with van der Waals surface area (Å²) in [5, 5.41) is 5.45. The maximum Gasteiger partial charge on any atom is 0.412 e. The van der Waals surface area contributed by atoms with Crippen molar-refractivity contribution in [1.29, 1.82) is 0 Å². The summed E-state index contributed by atoms with van der Waals surface area (Å²) in [5.74, 6) is 5.03. The topological polar surface area (TPSA) is 105 Å². The molecule has 0 aliphatic rings. The minimum absolute atomic E-state index is 0.258. The number of amides is 2. The molecule has 1 heterocycles. The zero-order valence-corrected chi connectivity index (χ0v) is 15.2. The average molecular weight is 362 g/mol. The number of carbonyl (C=O) groups is 2. The molecule has 2 amide bonds. The first-order valence-electron chi connectivity index (χ1n) is 7.71. The van der Waals surface area contributed by atoms with Crippen LogP contribution in [0.25, 0.3) is 0 Å². The highest BCUT2D eigenvalue weighted by Crippen LogP contribution is 2.24. The molecular formula is C17H22N4O3S. The Labute approximate surface area is 150 Å². The molecule has 0 atom stereocenters. The molecule has 0 aliphatic carbocycles. The third kappa shape index (κ3) is 5.86. The van der Waals surface area contributed by atoms with Gasteiger partial charge in [0.25, 0.3) is 5.91 Å². The number of thiophene rings is 1. The number of carbonyl (C=O) groups excluding carboxylic acids is 2. The molecule has 134 valence electrons. The molecule has 0 spiro atoms. The zero-order chi connectivity index (χ0) is 18.4. The Balaban J connectivity index is 2.09. The molecule has 0 radical (unpaired) electrons. The van der Waals surface area contributed by atoms with E-state index in [1.54, 1.807) is 51.1 Å². The highest BCUT2D eigenvalue weighted by molar-refractivity contribution is 7.14. The van der Waals surface area contributed by atoms with Crippen molar-refractivity contribution in [2.45, 2.75) is 32.9 Å². The number of rotatable bonds is 5. The van der Waals surface area contributed by atoms with Crippen molar-refractivity contribution in [3.05, 3.63) is 46.2 Å². The fourth-order valence-electron chi connectivity index (χ4n) is 1.99. The van der Waals surface area contributed by atoms with Gasteiger partial charge >= 0.3 is 6.09 Å². The van der Waals surface area contributed by atoms with Gasteiger partial charge < -0.3 is 10.1 Å². The van der Waals surface area contributed by atoms with Gasteiger partial charge in [0.1, 0.15) is 5.60 Å². The maximum absolute atomic E-state index is 12.4. The number of hydrogen-bond acceptors (Lipinski definition) is 6. The largest absolute Gasteiger partial charge is 0.444 e. The molecule has 2 rings (SSSR count). The molecule has 0 saturated carbocycles. The Bertz CT molecular complexity index is 752. The van der Waals surface area contributed by atoms with Crippen LogP contribution in [0.3, 0.4) is 0 Å². The van der Waals surface area contributed by atoms with Crippen LogP contribution in [-0.2, 0) is 11.3 Å². The van der Waals surface area contributed by atoms with Crippen molar-refractivity contribution in [1.82, 2.24) is 5.43 Å². The van der Waals surface area contributed by atoms with Gasteiger partial charge in [-0.05, 0) is 45.0 Å². The van der Waals surface area contributed by atoms with E-state index in [2.05, 4.69) is 16.1 Å². The minimum Gasteiger partial charge on any atom is -0.444 e. The number of benzene rings is 1. The Kier molecular flexibility index (Phi) is 6.13. The van der Waals surface area contributed by atoms with Crippen LogP contribution in [0, 0.1) is 0 Å². The van der Waals surface area contributed by atoms with Crippen LogP contribution in [-0.4, -0.2) is 17.6 Å². The van der Waals surface area contributed by atoms with Crippen molar-refractivity contribution in [2.75, 3.05) is 10.6 Å². The molecule has 1 aromatic heterocycles. The van der Waals surface area contributed by atoms with Crippen LogP contribution < -0.4 is 21.9 Å². The van der Waals surface area contributed by atoms with Gasteiger partial charge in [-0.25, -0.2) is 4.79 Å². The van der Waals surface area contributed by atoms with Crippen LogP contribution in [0.4, 0.5) is 16.2 Å². The third-order valence-corrected chi connectivity index (χ3v) is 4.06. The van der Waals surface area contributed by atoms with E-state index in [0.717, 1.165) is 4.88 Å². The van der Waals surface area contributed by atoms with Gasteiger partial charge in [-0.15, -0.1) is 11.3 Å². The van der Waals surface area contributed by atoms with Crippen LogP contribution in [0.5, 0.6) is 0 Å². The summed E-state index contributed by atoms with van der Waals surface area (Å²) >= 11 is 1.35. The van der Waals surface area contributed by atoms with Gasteiger partial charge in [0.2, 0.25) is 0 Å². The van der Waals surface area contributed by atoms with Gasteiger partial charge in [0, 0.05) is 11.4 Å². The summed E-state index contributed by atoms with van der Waals surface area (Å²) in [6, 6.07) is 10.5. The number of para-hydroxylation sites is 2. The highest BCUT2D eigenvalue weighted by atomic mass is 32.1. The van der Waals surface area contributed by atoms with E-state index in [9.17, 15) is 9.59 Å². The van der Waals surface area contributed by atoms with E-state index in [1.807, 2.05) is 6.07 Å². The smallest absolute Gasteiger partial charge is 0.412 e. The Morgan fingerprint density at radius 3 is 2.32 bits per heavy atom. The molecule has 5 N–H and O–H groups in total. The molecular weight excluding hydrogens is 340 g/mol. The van der Waals surface area contributed by atoms with Crippen LogP contribution in [0.1, 0.15) is 35.3 Å². The molecule has 2 aromatic rings. The van der Waals surface area contributed by atoms with Gasteiger partial charge in [-0.2, -0.15) is 0 Å². The van der Waals surface area contributed by atoms with E-state index >= 15 is 0 Å². The lowest BCUT2D eigenvalue weighted by atomic mass is 10.2. The lowest BCUT2D eigenvalue weighted by Gasteiger charge is -2.20. The summed E-state index contributed by atoms with van der Waals surface area (Å²) in [6.07, 6.45) is -0.582. The van der Waals surface area contributed by atoms with Crippen LogP contribution in [0.2, 0.25) is 0 Å². The second kappa shape index (κ2) is 8.11. The van der Waals surface area contributed by atoms with E-state index < -0.39 is 11.7 Å². The number of ether oxygens (including phenoxy) is 1. The monoisotopic (exact) mass is 362 g/mol. The molecule has 8 heteroatoms. The molecule has 0 bridgehead atoms. The van der Waals surface area contributed by atoms with Crippen molar-refractivity contribution < 1.29 is 14.3 Å². The zero-order valence-electron chi connectivity index (χ0n) is 14.4. The van der Waals surface area contributed by atoms with Gasteiger partial charge in [-0.3, -0.25) is 21.4 Å². The second-order valence-electron chi connectivity index (χ2n) is 6.27. The summed E-state index contributed by atoms with van der Waals surface area (Å²) in [6.45, 7) is 5.84. The van der Waals surface area contributed by atoms with E-state index in [0.29, 0.717) is 22.8 Å². The van der Waals surface area contributed by atoms with Crippen LogP contribution in [0.15, 0.2) is 36.4 Å². The van der Waals surface area contributed by atoms with Gasteiger partial charge in [0.15, 0.2) is 0 Å². The number of anilines is 2. The van der Waals surface area contributed by atoms with E-state index in [-0.39, 0.29) is 5.91 Å². The molecule has 25 heavy (non-hydrogen) atoms. The van der Waals surface area contributed by atoms with Crippen molar-refractivity contribution in [3.8, 4) is 0 Å². The van der Waals surface area contributed by atoms with Crippen LogP contribution >= 0.6 is 11.3 Å². The molecule has 0 aliphatic heterocycles. The Hall–Kier alpha value is -2.42. The Morgan fingerprint density at radius 1 is 1.08 bits per heavy atom. The lowest BCUT2D eigenvalue weighted by Crippen LogP contribution is -2.27. The van der Waals surface area contributed by atoms with Crippen molar-refractivity contribution in [3.63, 3.8) is 0 Å². The number of nitrogens with two attached hydrogens (primary N) is 1. The van der Waals surface area contributed by atoms with Gasteiger partial charge in [0.05, 0.1) is 16.3 Å². The average Bonchev–Trinajstić information content (AvgIpc) is 2.96. The minimum atomic E-state index is -0.604. The number of hydrazine groups is 1. The van der Waals surface area contributed by atoms with Gasteiger partial charge in [-0.1, -0.05) is 12.1 Å². The second-order valence-corrected chi connectivity index (χ2v) is 7.44. The maximum atomic E-state index is 12.4. The molecule has 0 saturated heterocycles. The standard InChI is InChI=1S/C17H22N4O3S/c1-17(2,3)24-16(23)21-13-7-5-4-6-12(13)20-15(22)14-9-8-11(25-14)10-19-18/h4-9,19H,10,18H2,1-3H3,(H,20,22)(H,21,23). The summed E-state index contributed by atoms with van der Waals surface area (Å²) in [4.78, 5) is 25.9. The third-order valence-electron chi connectivity index (χ3n) is 2.97. The summed E-state index contributed by atoms with van der Waals surface area (Å²) < 4.78 is 5.24. The lowest BCUT2D eigenvalue weighted by molar-refractivity contribution is 0.0635. The number of hydrogen-bond donors (Lipinski definition) is 4. The summed E-state index contributed by atoms with van der Waals surface area (Å²) in [5.41, 5.74) is 2.90. The fourth-order valence-corrected chi connectivity index (χ4v) is 2.85. The SMILES string of the molecule is CC(C)(C)OC(=O)Nc1ccccc1NC(=O)c1ccc(CNN)s1. The first-order chi connectivity index (χ1) is 11.8.